The average Bonchev–Trinajstić information content (AvgIpc) is 3.30. The van der Waals surface area contributed by atoms with Crippen molar-refractivity contribution in [3.05, 3.63) is 34.0 Å². The van der Waals surface area contributed by atoms with Crippen LogP contribution in [0.3, 0.4) is 0 Å². The Kier molecular flexibility index (Phi) is 3.64. The summed E-state index contributed by atoms with van der Waals surface area (Å²) >= 11 is 1.60. The molecule has 0 bridgehead atoms. The summed E-state index contributed by atoms with van der Waals surface area (Å²) in [6.45, 7) is 4.56. The number of likely N-dealkylation sites (tertiary alicyclic amines) is 2. The van der Waals surface area contributed by atoms with E-state index in [1.54, 1.807) is 23.6 Å². The van der Waals surface area contributed by atoms with Crippen LogP contribution >= 0.6 is 11.3 Å². The highest BCUT2D eigenvalue weighted by atomic mass is 32.1. The number of amides is 2. The van der Waals surface area contributed by atoms with E-state index < -0.39 is 0 Å². The summed E-state index contributed by atoms with van der Waals surface area (Å²) in [5, 5.41) is 9.58. The van der Waals surface area contributed by atoms with Crippen molar-refractivity contribution in [1.29, 1.82) is 0 Å². The minimum absolute atomic E-state index is 0.0367. The van der Waals surface area contributed by atoms with Crippen molar-refractivity contribution >= 4 is 23.2 Å². The molecule has 1 atom stereocenters. The number of nitrogens with zero attached hydrogens (tertiary/aromatic N) is 4. The smallest absolute Gasteiger partial charge is 0.271 e. The lowest BCUT2D eigenvalue weighted by atomic mass is 9.86. The Balaban J connectivity index is 1.43. The van der Waals surface area contributed by atoms with Crippen LogP contribution in [-0.2, 0) is 11.3 Å². The third-order valence-electron chi connectivity index (χ3n) is 4.88. The summed E-state index contributed by atoms with van der Waals surface area (Å²) in [6, 6.07) is 1.68. The molecule has 1 N–H and O–H groups in total. The van der Waals surface area contributed by atoms with E-state index in [9.17, 15) is 9.59 Å². The van der Waals surface area contributed by atoms with Gasteiger partial charge in [-0.1, -0.05) is 0 Å². The second kappa shape index (κ2) is 5.70. The molecular formula is C16H19N5O2S. The molecule has 1 spiro atoms. The van der Waals surface area contributed by atoms with Crippen LogP contribution in [0.15, 0.2) is 17.6 Å². The third kappa shape index (κ3) is 2.71. The van der Waals surface area contributed by atoms with Crippen LogP contribution in [-0.4, -0.2) is 56.4 Å². The maximum Gasteiger partial charge on any atom is 0.271 e. The lowest BCUT2D eigenvalue weighted by molar-refractivity contribution is -0.128. The van der Waals surface area contributed by atoms with E-state index in [4.69, 9.17) is 0 Å². The minimum Gasteiger partial charge on any atom is -0.337 e. The maximum absolute atomic E-state index is 12.5. The van der Waals surface area contributed by atoms with Gasteiger partial charge in [0.05, 0.1) is 17.2 Å². The van der Waals surface area contributed by atoms with Crippen molar-refractivity contribution in [3.63, 3.8) is 0 Å². The first-order valence-corrected chi connectivity index (χ1v) is 8.90. The second-order valence-corrected chi connectivity index (χ2v) is 7.79. The molecule has 126 valence electrons. The van der Waals surface area contributed by atoms with E-state index >= 15 is 0 Å². The lowest BCUT2D eigenvalue weighted by Gasteiger charge is -2.23. The highest BCUT2D eigenvalue weighted by Crippen LogP contribution is 2.41. The zero-order valence-corrected chi connectivity index (χ0v) is 14.3. The Morgan fingerprint density at radius 3 is 3.04 bits per heavy atom. The molecule has 2 aliphatic rings. The van der Waals surface area contributed by atoms with Crippen LogP contribution in [0, 0.1) is 12.3 Å². The van der Waals surface area contributed by atoms with Gasteiger partial charge < -0.3 is 9.80 Å². The molecular weight excluding hydrogens is 326 g/mol. The predicted octanol–water partition coefficient (Wildman–Crippen LogP) is 1.44. The van der Waals surface area contributed by atoms with Crippen LogP contribution < -0.4 is 0 Å². The van der Waals surface area contributed by atoms with Crippen molar-refractivity contribution in [3.8, 4) is 0 Å². The van der Waals surface area contributed by atoms with Crippen LogP contribution in [0.1, 0.15) is 34.0 Å². The molecule has 0 aliphatic carbocycles. The van der Waals surface area contributed by atoms with Crippen molar-refractivity contribution in [2.45, 2.75) is 26.3 Å². The molecule has 7 nitrogen and oxygen atoms in total. The summed E-state index contributed by atoms with van der Waals surface area (Å²) in [5.41, 5.74) is 1.34. The van der Waals surface area contributed by atoms with E-state index in [0.717, 1.165) is 17.1 Å². The summed E-state index contributed by atoms with van der Waals surface area (Å²) in [5.74, 6) is 0.127. The molecule has 2 aromatic rings. The molecule has 2 aromatic heterocycles. The van der Waals surface area contributed by atoms with Gasteiger partial charge in [0.1, 0.15) is 5.69 Å². The summed E-state index contributed by atoms with van der Waals surface area (Å²) in [7, 11) is 0. The molecule has 4 heterocycles. The predicted molar refractivity (Wildman–Crippen MR) is 88.4 cm³/mol. The largest absolute Gasteiger partial charge is 0.337 e. The maximum atomic E-state index is 12.5. The van der Waals surface area contributed by atoms with Gasteiger partial charge in [0.15, 0.2) is 0 Å². The van der Waals surface area contributed by atoms with E-state index in [1.165, 1.54) is 0 Å². The van der Waals surface area contributed by atoms with E-state index in [2.05, 4.69) is 15.2 Å². The topological polar surface area (TPSA) is 82.2 Å². The fraction of sp³-hybridized carbons (Fsp3) is 0.500. The number of rotatable bonds is 3. The highest BCUT2D eigenvalue weighted by molar-refractivity contribution is 7.09. The summed E-state index contributed by atoms with van der Waals surface area (Å²) in [4.78, 5) is 33.1. The van der Waals surface area contributed by atoms with E-state index in [1.807, 2.05) is 22.1 Å². The number of aromatic nitrogens is 3. The molecule has 0 unspecified atom stereocenters. The van der Waals surface area contributed by atoms with Crippen molar-refractivity contribution < 1.29 is 9.59 Å². The molecule has 8 heteroatoms. The van der Waals surface area contributed by atoms with Gasteiger partial charge in [-0.15, -0.1) is 11.3 Å². The molecule has 0 radical (unpaired) electrons. The summed E-state index contributed by atoms with van der Waals surface area (Å²) < 4.78 is 0. The van der Waals surface area contributed by atoms with Crippen LogP contribution in [0.2, 0.25) is 0 Å². The Morgan fingerprint density at radius 2 is 2.33 bits per heavy atom. The SMILES string of the molecule is Cc1nc(CN2C[C@@]3(CCN(C(=O)c4ccn[nH]4)C3)CC2=O)cs1. The van der Waals surface area contributed by atoms with Gasteiger partial charge >= 0.3 is 0 Å². The molecule has 24 heavy (non-hydrogen) atoms. The third-order valence-corrected chi connectivity index (χ3v) is 5.70. The Labute approximate surface area is 143 Å². The van der Waals surface area contributed by atoms with Crippen molar-refractivity contribution in [1.82, 2.24) is 25.0 Å². The molecule has 2 fully saturated rings. The van der Waals surface area contributed by atoms with Crippen LogP contribution in [0.5, 0.6) is 0 Å². The minimum atomic E-state index is -0.113. The van der Waals surface area contributed by atoms with E-state index in [-0.39, 0.29) is 17.2 Å². The molecule has 0 saturated carbocycles. The number of H-pyrrole nitrogens is 1. The monoisotopic (exact) mass is 345 g/mol. The van der Waals surface area contributed by atoms with Crippen molar-refractivity contribution in [2.24, 2.45) is 5.41 Å². The standard InChI is InChI=1S/C16H19N5O2S/c1-11-18-12(8-24-11)7-21-10-16(6-14(21)22)3-5-20(9-16)15(23)13-2-4-17-19-13/h2,4,8H,3,5-7,9-10H2,1H3,(H,17,19)/t16-/m0/s1. The number of aryl methyl sites for hydroxylation is 1. The molecule has 0 aromatic carbocycles. The molecule has 2 amide bonds. The number of hydrogen-bond acceptors (Lipinski definition) is 5. The first-order chi connectivity index (χ1) is 11.5. The Morgan fingerprint density at radius 1 is 1.46 bits per heavy atom. The Bertz CT molecular complexity index is 771. The Hall–Kier alpha value is -2.22. The zero-order valence-electron chi connectivity index (χ0n) is 13.5. The number of carbonyl (C=O) groups is 2. The lowest BCUT2D eigenvalue weighted by Crippen LogP contribution is -2.34. The first kappa shape index (κ1) is 15.3. The number of aromatic amines is 1. The van der Waals surface area contributed by atoms with Gasteiger partial charge in [-0.25, -0.2) is 4.98 Å². The van der Waals surface area contributed by atoms with Gasteiger partial charge in [-0.3, -0.25) is 14.7 Å². The molecule has 2 saturated heterocycles. The first-order valence-electron chi connectivity index (χ1n) is 8.02. The van der Waals surface area contributed by atoms with Crippen LogP contribution in [0.4, 0.5) is 0 Å². The normalized spacial score (nSPS) is 23.6. The second-order valence-electron chi connectivity index (χ2n) is 6.73. The summed E-state index contributed by atoms with van der Waals surface area (Å²) in [6.07, 6.45) is 2.96. The number of nitrogens with one attached hydrogen (secondary N) is 1. The average molecular weight is 345 g/mol. The highest BCUT2D eigenvalue weighted by Gasteiger charge is 2.48. The van der Waals surface area contributed by atoms with E-state index in [0.29, 0.717) is 38.3 Å². The van der Waals surface area contributed by atoms with Crippen molar-refractivity contribution in [2.75, 3.05) is 19.6 Å². The van der Waals surface area contributed by atoms with Gasteiger partial charge in [-0.2, -0.15) is 5.10 Å². The molecule has 4 rings (SSSR count). The van der Waals surface area contributed by atoms with Gasteiger partial charge in [0.25, 0.3) is 5.91 Å². The number of carbonyl (C=O) groups excluding carboxylic acids is 2. The van der Waals surface area contributed by atoms with Crippen LogP contribution in [0.25, 0.3) is 0 Å². The van der Waals surface area contributed by atoms with Gasteiger partial charge in [0.2, 0.25) is 5.91 Å². The number of hydrogen-bond donors (Lipinski definition) is 1. The fourth-order valence-corrected chi connectivity index (χ4v) is 4.33. The fourth-order valence-electron chi connectivity index (χ4n) is 3.73. The molecule has 2 aliphatic heterocycles. The zero-order chi connectivity index (χ0) is 16.7. The number of thiazole rings is 1. The quantitative estimate of drug-likeness (QED) is 0.912. The van der Waals surface area contributed by atoms with Gasteiger partial charge in [-0.05, 0) is 19.4 Å². The van der Waals surface area contributed by atoms with Gasteiger partial charge in [0, 0.05) is 43.0 Å².